The second-order valence-corrected chi connectivity index (χ2v) is 5.49. The highest BCUT2D eigenvalue weighted by atomic mass is 16.4. The Hall–Kier alpha value is -2.37. The van der Waals surface area contributed by atoms with Crippen molar-refractivity contribution in [2.75, 3.05) is 0 Å². The van der Waals surface area contributed by atoms with Gasteiger partial charge >= 0.3 is 5.97 Å². The number of carbonyl (C=O) groups is 3. The molecule has 6 heteroatoms. The molecule has 3 N–H and O–H groups in total. The van der Waals surface area contributed by atoms with Crippen molar-refractivity contribution in [2.45, 2.75) is 44.2 Å². The molecule has 2 atom stereocenters. The first-order chi connectivity index (χ1) is 10.5. The van der Waals surface area contributed by atoms with Gasteiger partial charge in [-0.2, -0.15) is 0 Å². The number of hydrogen-bond donors (Lipinski definition) is 3. The molecule has 0 aromatic heterocycles. The van der Waals surface area contributed by atoms with E-state index < -0.39 is 12.0 Å². The quantitative estimate of drug-likeness (QED) is 0.696. The summed E-state index contributed by atoms with van der Waals surface area (Å²) in [4.78, 5) is 34.1. The Balaban J connectivity index is 1.95. The number of hydrogen-bond acceptors (Lipinski definition) is 3. The average Bonchev–Trinajstić information content (AvgIpc) is 2.92. The lowest BCUT2D eigenvalue weighted by Gasteiger charge is -2.20. The number of benzene rings is 1. The van der Waals surface area contributed by atoms with Crippen LogP contribution in [0.1, 0.15) is 31.2 Å². The van der Waals surface area contributed by atoms with Crippen LogP contribution in [0.4, 0.5) is 0 Å². The van der Waals surface area contributed by atoms with Crippen LogP contribution in [0.15, 0.2) is 30.3 Å². The molecule has 1 aliphatic rings. The van der Waals surface area contributed by atoms with E-state index in [9.17, 15) is 14.4 Å². The van der Waals surface area contributed by atoms with Gasteiger partial charge in [0.1, 0.15) is 6.04 Å². The van der Waals surface area contributed by atoms with E-state index >= 15 is 0 Å². The predicted octanol–water partition coefficient (Wildman–Crippen LogP) is 0.857. The van der Waals surface area contributed by atoms with Gasteiger partial charge in [0.2, 0.25) is 11.8 Å². The fourth-order valence-electron chi connectivity index (χ4n) is 2.53. The first kappa shape index (κ1) is 16.0. The van der Waals surface area contributed by atoms with Crippen LogP contribution in [0.5, 0.6) is 0 Å². The highest BCUT2D eigenvalue weighted by Gasteiger charge is 2.28. The van der Waals surface area contributed by atoms with Crippen molar-refractivity contribution in [1.82, 2.24) is 10.6 Å². The molecule has 6 nitrogen and oxygen atoms in total. The van der Waals surface area contributed by atoms with E-state index in [-0.39, 0.29) is 24.3 Å². The first-order valence-corrected chi connectivity index (χ1v) is 7.40. The third-order valence-corrected chi connectivity index (χ3v) is 3.69. The molecule has 2 rings (SSSR count). The smallest absolute Gasteiger partial charge is 0.303 e. The molecule has 1 unspecified atom stereocenters. The maximum Gasteiger partial charge on any atom is 0.303 e. The van der Waals surface area contributed by atoms with E-state index in [0.717, 1.165) is 5.56 Å². The molecular weight excluding hydrogens is 284 g/mol. The van der Waals surface area contributed by atoms with E-state index in [0.29, 0.717) is 25.7 Å². The Bertz CT molecular complexity index is 544. The van der Waals surface area contributed by atoms with Crippen molar-refractivity contribution in [1.29, 1.82) is 0 Å². The number of carboxylic acids is 1. The monoisotopic (exact) mass is 304 g/mol. The second-order valence-electron chi connectivity index (χ2n) is 5.49. The zero-order valence-electron chi connectivity index (χ0n) is 12.2. The standard InChI is InChI=1S/C16H20N2O4/c19-14-8-7-13(18-14)16(22)17-12(6-9-15(20)21)10-11-4-2-1-3-5-11/h1-5,12-13H,6-10H2,(H,17,22)(H,18,19)(H,20,21)/t12?,13-/m1/s1. The molecular formula is C16H20N2O4. The Morgan fingerprint density at radius 2 is 2.05 bits per heavy atom. The van der Waals surface area contributed by atoms with E-state index in [4.69, 9.17) is 5.11 Å². The summed E-state index contributed by atoms with van der Waals surface area (Å²) >= 11 is 0. The van der Waals surface area contributed by atoms with Gasteiger partial charge in [0, 0.05) is 18.9 Å². The van der Waals surface area contributed by atoms with Crippen LogP contribution in [-0.4, -0.2) is 35.0 Å². The number of carbonyl (C=O) groups excluding carboxylic acids is 2. The zero-order chi connectivity index (χ0) is 15.9. The van der Waals surface area contributed by atoms with Gasteiger partial charge in [-0.15, -0.1) is 0 Å². The zero-order valence-corrected chi connectivity index (χ0v) is 12.2. The molecule has 22 heavy (non-hydrogen) atoms. The maximum atomic E-state index is 12.2. The average molecular weight is 304 g/mol. The van der Waals surface area contributed by atoms with Crippen molar-refractivity contribution in [3.63, 3.8) is 0 Å². The van der Waals surface area contributed by atoms with Crippen LogP contribution in [-0.2, 0) is 20.8 Å². The SMILES string of the molecule is O=C(O)CCC(Cc1ccccc1)NC(=O)[C@H]1CCC(=O)N1. The first-order valence-electron chi connectivity index (χ1n) is 7.40. The van der Waals surface area contributed by atoms with Crippen molar-refractivity contribution in [3.8, 4) is 0 Å². The van der Waals surface area contributed by atoms with Crippen molar-refractivity contribution in [2.24, 2.45) is 0 Å². The molecule has 0 aliphatic carbocycles. The third-order valence-electron chi connectivity index (χ3n) is 3.69. The fourth-order valence-corrected chi connectivity index (χ4v) is 2.53. The van der Waals surface area contributed by atoms with Gasteiger partial charge in [0.25, 0.3) is 0 Å². The summed E-state index contributed by atoms with van der Waals surface area (Å²) in [6.45, 7) is 0. The lowest BCUT2D eigenvalue weighted by atomic mass is 10.0. The van der Waals surface area contributed by atoms with Crippen LogP contribution < -0.4 is 10.6 Å². The van der Waals surface area contributed by atoms with Crippen molar-refractivity contribution >= 4 is 17.8 Å². The Morgan fingerprint density at radius 3 is 2.64 bits per heavy atom. The van der Waals surface area contributed by atoms with E-state index in [2.05, 4.69) is 10.6 Å². The summed E-state index contributed by atoms with van der Waals surface area (Å²) in [5.74, 6) is -1.25. The number of rotatable bonds is 7. The van der Waals surface area contributed by atoms with Crippen LogP contribution in [0.2, 0.25) is 0 Å². The molecule has 0 spiro atoms. The summed E-state index contributed by atoms with van der Waals surface area (Å²) in [5, 5.41) is 14.3. The van der Waals surface area contributed by atoms with Crippen molar-refractivity contribution < 1.29 is 19.5 Å². The number of aliphatic carboxylic acids is 1. The molecule has 1 aliphatic heterocycles. The largest absolute Gasteiger partial charge is 0.481 e. The molecule has 1 aromatic carbocycles. The summed E-state index contributed by atoms with van der Waals surface area (Å²) in [5.41, 5.74) is 1.04. The molecule has 0 bridgehead atoms. The Morgan fingerprint density at radius 1 is 1.32 bits per heavy atom. The molecule has 1 fully saturated rings. The van der Waals surface area contributed by atoms with E-state index in [1.807, 2.05) is 30.3 Å². The summed E-state index contributed by atoms with van der Waals surface area (Å²) in [6, 6.07) is 8.83. The number of carboxylic acid groups (broad SMARTS) is 1. The second kappa shape index (κ2) is 7.59. The predicted molar refractivity (Wildman–Crippen MR) is 80.1 cm³/mol. The Labute approximate surface area is 128 Å². The van der Waals surface area contributed by atoms with Gasteiger partial charge in [0.15, 0.2) is 0 Å². The van der Waals surface area contributed by atoms with Crippen LogP contribution >= 0.6 is 0 Å². The fraction of sp³-hybridized carbons (Fsp3) is 0.438. The molecule has 118 valence electrons. The maximum absolute atomic E-state index is 12.2. The van der Waals surface area contributed by atoms with E-state index in [1.54, 1.807) is 0 Å². The summed E-state index contributed by atoms with van der Waals surface area (Å²) in [7, 11) is 0. The number of amides is 2. The lowest BCUT2D eigenvalue weighted by molar-refractivity contribution is -0.137. The highest BCUT2D eigenvalue weighted by molar-refractivity contribution is 5.90. The normalized spacial score (nSPS) is 18.5. The molecule has 1 aromatic rings. The van der Waals surface area contributed by atoms with Gasteiger partial charge in [-0.1, -0.05) is 30.3 Å². The van der Waals surface area contributed by atoms with Gasteiger partial charge in [-0.3, -0.25) is 14.4 Å². The van der Waals surface area contributed by atoms with Crippen molar-refractivity contribution in [3.05, 3.63) is 35.9 Å². The lowest BCUT2D eigenvalue weighted by Crippen LogP contribution is -2.46. The minimum Gasteiger partial charge on any atom is -0.481 e. The van der Waals surface area contributed by atoms with E-state index in [1.165, 1.54) is 0 Å². The number of nitrogens with one attached hydrogen (secondary N) is 2. The van der Waals surface area contributed by atoms with Gasteiger partial charge < -0.3 is 15.7 Å². The summed E-state index contributed by atoms with van der Waals surface area (Å²) in [6.07, 6.45) is 1.77. The Kier molecular flexibility index (Phi) is 5.52. The molecule has 0 saturated carbocycles. The minimum absolute atomic E-state index is 0.00515. The molecule has 2 amide bonds. The topological polar surface area (TPSA) is 95.5 Å². The van der Waals surface area contributed by atoms with Gasteiger partial charge in [0.05, 0.1) is 0 Å². The van der Waals surface area contributed by atoms with Gasteiger partial charge in [-0.25, -0.2) is 0 Å². The summed E-state index contributed by atoms with van der Waals surface area (Å²) < 4.78 is 0. The van der Waals surface area contributed by atoms with Crippen LogP contribution in [0.3, 0.4) is 0 Å². The highest BCUT2D eigenvalue weighted by Crippen LogP contribution is 2.11. The van der Waals surface area contributed by atoms with Gasteiger partial charge in [-0.05, 0) is 24.8 Å². The third kappa shape index (κ3) is 4.87. The minimum atomic E-state index is -0.888. The molecule has 1 heterocycles. The van der Waals surface area contributed by atoms with Crippen LogP contribution in [0, 0.1) is 0 Å². The molecule has 1 saturated heterocycles. The molecule has 0 radical (unpaired) electrons. The van der Waals surface area contributed by atoms with Crippen LogP contribution in [0.25, 0.3) is 0 Å².